The molecule has 1 rings (SSSR count). The minimum absolute atomic E-state index is 0.626. The lowest BCUT2D eigenvalue weighted by Crippen LogP contribution is -2.20. The van der Waals surface area contributed by atoms with E-state index in [-0.39, 0.29) is 0 Å². The monoisotopic (exact) mass is 228 g/mol. The summed E-state index contributed by atoms with van der Waals surface area (Å²) in [6.07, 6.45) is 5.77. The summed E-state index contributed by atoms with van der Waals surface area (Å²) < 4.78 is 4.87. The fourth-order valence-corrected chi connectivity index (χ4v) is 2.27. The highest BCUT2D eigenvalue weighted by atomic mass is 32.1. The van der Waals surface area contributed by atoms with Crippen LogP contribution in [-0.2, 0) is 6.42 Å². The van der Waals surface area contributed by atoms with Crippen LogP contribution in [-0.4, -0.2) is 17.4 Å². The van der Waals surface area contributed by atoms with E-state index in [2.05, 4.69) is 6.92 Å². The lowest BCUT2D eigenvalue weighted by molar-refractivity contribution is 0.290. The number of unbranched alkanes of at least 4 members (excludes halogenated alkanes) is 3. The standard InChI is InChI=1S/C10H17BO3S/c1-2-3-4-5-6-9-7-8-15-10(9)14-11(12)13/h7-8,12-13H,2-6H2,1H3. The minimum Gasteiger partial charge on any atom is -0.504 e. The largest absolute Gasteiger partial charge is 0.708 e. The maximum Gasteiger partial charge on any atom is 0.708 e. The lowest BCUT2D eigenvalue weighted by Gasteiger charge is -2.05. The van der Waals surface area contributed by atoms with Crippen LogP contribution < -0.4 is 4.65 Å². The summed E-state index contributed by atoms with van der Waals surface area (Å²) in [5.74, 6) is 0. The Morgan fingerprint density at radius 3 is 2.80 bits per heavy atom. The van der Waals surface area contributed by atoms with Gasteiger partial charge in [0.25, 0.3) is 0 Å². The molecule has 0 fully saturated rings. The van der Waals surface area contributed by atoms with E-state index in [0.29, 0.717) is 5.06 Å². The Kier molecular flexibility index (Phi) is 5.75. The van der Waals surface area contributed by atoms with Gasteiger partial charge in [-0.25, -0.2) is 0 Å². The van der Waals surface area contributed by atoms with Crippen LogP contribution in [0.15, 0.2) is 11.4 Å². The van der Waals surface area contributed by atoms with Crippen LogP contribution >= 0.6 is 11.3 Å². The van der Waals surface area contributed by atoms with Crippen molar-refractivity contribution in [2.24, 2.45) is 0 Å². The normalized spacial score (nSPS) is 10.3. The highest BCUT2D eigenvalue weighted by Crippen LogP contribution is 2.27. The molecule has 1 aromatic rings. The Bertz CT molecular complexity index is 275. The topological polar surface area (TPSA) is 49.7 Å². The molecule has 1 aromatic heterocycles. The van der Waals surface area contributed by atoms with E-state index in [1.54, 1.807) is 0 Å². The second-order valence-corrected chi connectivity index (χ2v) is 4.37. The molecule has 0 spiro atoms. The van der Waals surface area contributed by atoms with Crippen molar-refractivity contribution in [2.75, 3.05) is 0 Å². The molecule has 84 valence electrons. The van der Waals surface area contributed by atoms with Crippen molar-refractivity contribution in [1.29, 1.82) is 0 Å². The zero-order valence-corrected chi connectivity index (χ0v) is 9.80. The highest BCUT2D eigenvalue weighted by molar-refractivity contribution is 7.12. The third kappa shape index (κ3) is 4.68. The van der Waals surface area contributed by atoms with Crippen molar-refractivity contribution in [3.05, 3.63) is 17.0 Å². The Labute approximate surface area is 94.9 Å². The van der Waals surface area contributed by atoms with Crippen molar-refractivity contribution >= 4 is 18.7 Å². The Morgan fingerprint density at radius 2 is 2.13 bits per heavy atom. The summed E-state index contributed by atoms with van der Waals surface area (Å²) in [4.78, 5) is 0. The predicted molar refractivity (Wildman–Crippen MR) is 63.0 cm³/mol. The first-order valence-corrected chi connectivity index (χ1v) is 6.21. The molecule has 0 amide bonds. The van der Waals surface area contributed by atoms with Crippen molar-refractivity contribution in [3.8, 4) is 5.06 Å². The summed E-state index contributed by atoms with van der Waals surface area (Å²) in [6.45, 7) is 2.18. The van der Waals surface area contributed by atoms with Crippen LogP contribution in [0.25, 0.3) is 0 Å². The van der Waals surface area contributed by atoms with Gasteiger partial charge in [-0.15, -0.1) is 11.3 Å². The maximum atomic E-state index is 8.70. The third-order valence-corrected chi connectivity index (χ3v) is 3.06. The molecule has 0 unspecified atom stereocenters. The number of thiophene rings is 1. The number of rotatable bonds is 7. The Morgan fingerprint density at radius 1 is 1.33 bits per heavy atom. The second-order valence-electron chi connectivity index (χ2n) is 3.49. The van der Waals surface area contributed by atoms with E-state index in [1.165, 1.54) is 30.6 Å². The van der Waals surface area contributed by atoms with Crippen molar-refractivity contribution < 1.29 is 14.7 Å². The number of hydrogen-bond donors (Lipinski definition) is 2. The maximum absolute atomic E-state index is 8.70. The molecule has 15 heavy (non-hydrogen) atoms. The molecule has 0 radical (unpaired) electrons. The molecule has 0 aliphatic heterocycles. The average Bonchev–Trinajstić information content (AvgIpc) is 2.59. The first-order chi connectivity index (χ1) is 7.24. The van der Waals surface area contributed by atoms with Crippen molar-refractivity contribution in [1.82, 2.24) is 0 Å². The molecule has 0 aliphatic carbocycles. The summed E-state index contributed by atoms with van der Waals surface area (Å²) in [7, 11) is -1.71. The second kappa shape index (κ2) is 6.88. The van der Waals surface area contributed by atoms with E-state index in [4.69, 9.17) is 14.7 Å². The molecular formula is C10H17BO3S. The Balaban J connectivity index is 2.36. The van der Waals surface area contributed by atoms with Crippen molar-refractivity contribution in [2.45, 2.75) is 39.0 Å². The van der Waals surface area contributed by atoms with Gasteiger partial charge >= 0.3 is 7.32 Å². The summed E-state index contributed by atoms with van der Waals surface area (Å²) in [5, 5.41) is 19.9. The molecule has 0 aliphatic rings. The first-order valence-electron chi connectivity index (χ1n) is 5.33. The fraction of sp³-hybridized carbons (Fsp3) is 0.600. The zero-order chi connectivity index (χ0) is 11.1. The first kappa shape index (κ1) is 12.6. The molecule has 0 atom stereocenters. The van der Waals surface area contributed by atoms with E-state index < -0.39 is 7.32 Å². The van der Waals surface area contributed by atoms with Gasteiger partial charge in [-0.05, 0) is 24.3 Å². The number of aryl methyl sites for hydroxylation is 1. The zero-order valence-electron chi connectivity index (χ0n) is 8.98. The smallest absolute Gasteiger partial charge is 0.504 e. The molecule has 0 bridgehead atoms. The van der Waals surface area contributed by atoms with Gasteiger partial charge in [-0.1, -0.05) is 26.2 Å². The lowest BCUT2D eigenvalue weighted by atomic mass is 10.1. The molecule has 5 heteroatoms. The molecule has 2 N–H and O–H groups in total. The van der Waals surface area contributed by atoms with E-state index in [1.807, 2.05) is 11.4 Å². The molecular weight excluding hydrogens is 211 g/mol. The van der Waals surface area contributed by atoms with Gasteiger partial charge in [0, 0.05) is 5.56 Å². The SMILES string of the molecule is CCCCCCc1ccsc1OB(O)O. The van der Waals surface area contributed by atoms with Crippen LogP contribution in [0, 0.1) is 0 Å². The highest BCUT2D eigenvalue weighted by Gasteiger charge is 2.14. The van der Waals surface area contributed by atoms with E-state index in [0.717, 1.165) is 18.4 Å². The summed E-state index contributed by atoms with van der Waals surface area (Å²) >= 11 is 1.40. The minimum atomic E-state index is -1.71. The van der Waals surface area contributed by atoms with Gasteiger partial charge in [0.1, 0.15) is 0 Å². The van der Waals surface area contributed by atoms with Crippen LogP contribution in [0.4, 0.5) is 0 Å². The van der Waals surface area contributed by atoms with E-state index in [9.17, 15) is 0 Å². The average molecular weight is 228 g/mol. The van der Waals surface area contributed by atoms with Gasteiger partial charge in [0.15, 0.2) is 5.06 Å². The van der Waals surface area contributed by atoms with Gasteiger partial charge < -0.3 is 14.7 Å². The third-order valence-electron chi connectivity index (χ3n) is 2.22. The van der Waals surface area contributed by atoms with Crippen LogP contribution in [0.2, 0.25) is 0 Å². The predicted octanol–water partition coefficient (Wildman–Crippen LogP) is 2.22. The summed E-state index contributed by atoms with van der Waals surface area (Å²) in [6, 6.07) is 1.98. The Hall–Kier alpha value is -0.515. The van der Waals surface area contributed by atoms with E-state index >= 15 is 0 Å². The van der Waals surface area contributed by atoms with Crippen LogP contribution in [0.5, 0.6) is 5.06 Å². The molecule has 1 heterocycles. The van der Waals surface area contributed by atoms with Crippen LogP contribution in [0.1, 0.15) is 38.2 Å². The summed E-state index contributed by atoms with van der Waals surface area (Å²) in [5.41, 5.74) is 1.07. The number of hydrogen-bond acceptors (Lipinski definition) is 4. The molecule has 0 saturated carbocycles. The molecule has 0 saturated heterocycles. The molecule has 0 aromatic carbocycles. The van der Waals surface area contributed by atoms with Crippen LogP contribution in [0.3, 0.4) is 0 Å². The van der Waals surface area contributed by atoms with Gasteiger partial charge in [0.05, 0.1) is 0 Å². The van der Waals surface area contributed by atoms with Gasteiger partial charge in [-0.3, -0.25) is 0 Å². The fourth-order valence-electron chi connectivity index (χ4n) is 1.45. The van der Waals surface area contributed by atoms with Crippen molar-refractivity contribution in [3.63, 3.8) is 0 Å². The molecule has 3 nitrogen and oxygen atoms in total. The quantitative estimate of drug-likeness (QED) is 0.555. The van der Waals surface area contributed by atoms with Gasteiger partial charge in [0.2, 0.25) is 0 Å². The van der Waals surface area contributed by atoms with Gasteiger partial charge in [-0.2, -0.15) is 0 Å².